The van der Waals surface area contributed by atoms with E-state index in [1.54, 1.807) is 30.5 Å². The molecule has 1 aromatic heterocycles. The zero-order valence-corrected chi connectivity index (χ0v) is 17.6. The molecule has 150 valence electrons. The molecule has 0 saturated carbocycles. The quantitative estimate of drug-likeness (QED) is 0.676. The molecule has 1 fully saturated rings. The zero-order chi connectivity index (χ0) is 20.1. The second kappa shape index (κ2) is 9.22. The topological polar surface area (TPSA) is 77.5 Å². The number of hydrogen-bond acceptors (Lipinski definition) is 6. The number of aromatic nitrogens is 1. The third-order valence-electron chi connectivity index (χ3n) is 4.63. The monoisotopic (exact) mass is 442 g/mol. The van der Waals surface area contributed by atoms with Crippen molar-refractivity contribution in [2.75, 3.05) is 25.1 Å². The van der Waals surface area contributed by atoms with E-state index in [4.69, 9.17) is 32.7 Å². The lowest BCUT2D eigenvalue weighted by atomic mass is 9.73. The number of esters is 1. The van der Waals surface area contributed by atoms with Gasteiger partial charge in [-0.1, -0.05) is 29.3 Å². The van der Waals surface area contributed by atoms with Crippen LogP contribution >= 0.6 is 34.5 Å². The predicted octanol–water partition coefficient (Wildman–Crippen LogP) is 4.24. The molecular formula is C19H20Cl2N2O4S. The van der Waals surface area contributed by atoms with Gasteiger partial charge in [0.2, 0.25) is 5.91 Å². The first-order valence-electron chi connectivity index (χ1n) is 8.89. The van der Waals surface area contributed by atoms with Crippen molar-refractivity contribution >= 4 is 51.5 Å². The van der Waals surface area contributed by atoms with Crippen molar-refractivity contribution in [3.63, 3.8) is 0 Å². The lowest BCUT2D eigenvalue weighted by molar-refractivity contribution is -0.142. The molecule has 1 N–H and O–H groups in total. The smallest absolute Gasteiger partial charge is 0.311 e. The fourth-order valence-electron chi connectivity index (χ4n) is 3.24. The minimum Gasteiger partial charge on any atom is -0.466 e. The normalized spacial score (nSPS) is 15.8. The first-order chi connectivity index (χ1) is 13.4. The number of halogens is 2. The highest BCUT2D eigenvalue weighted by atomic mass is 35.5. The summed E-state index contributed by atoms with van der Waals surface area (Å²) in [6, 6.07) is 5.17. The van der Waals surface area contributed by atoms with E-state index in [9.17, 15) is 9.59 Å². The molecule has 1 aromatic carbocycles. The zero-order valence-electron chi connectivity index (χ0n) is 15.3. The number of nitrogens with one attached hydrogen (secondary N) is 1. The molecule has 0 unspecified atom stereocenters. The first-order valence-corrected chi connectivity index (χ1v) is 10.5. The predicted molar refractivity (Wildman–Crippen MR) is 109 cm³/mol. The minimum absolute atomic E-state index is 0.0716. The lowest BCUT2D eigenvalue weighted by Gasteiger charge is -2.36. The number of hydrogen-bond donors (Lipinski definition) is 1. The standard InChI is InChI=1S/C19H20Cl2N2O4S/c1-2-27-16(24)10-13-11-28-18(22-13)23-17(25)19(5-7-26-8-6-19)14-4-3-12(20)9-15(14)21/h3-4,9,11H,2,5-8,10H2,1H3,(H,22,23,25). The van der Waals surface area contributed by atoms with Crippen molar-refractivity contribution in [2.45, 2.75) is 31.6 Å². The van der Waals surface area contributed by atoms with Gasteiger partial charge in [-0.2, -0.15) is 0 Å². The van der Waals surface area contributed by atoms with Gasteiger partial charge in [-0.15, -0.1) is 11.3 Å². The molecule has 0 bridgehead atoms. The van der Waals surface area contributed by atoms with Gasteiger partial charge in [-0.05, 0) is 37.5 Å². The largest absolute Gasteiger partial charge is 0.466 e. The van der Waals surface area contributed by atoms with Crippen LogP contribution in [0.1, 0.15) is 31.0 Å². The number of nitrogens with zero attached hydrogens (tertiary/aromatic N) is 1. The highest BCUT2D eigenvalue weighted by Crippen LogP contribution is 2.40. The Morgan fingerprint density at radius 3 is 2.75 bits per heavy atom. The van der Waals surface area contributed by atoms with Gasteiger partial charge in [0.1, 0.15) is 0 Å². The van der Waals surface area contributed by atoms with Crippen molar-refractivity contribution in [1.82, 2.24) is 4.98 Å². The molecule has 0 aliphatic carbocycles. The minimum atomic E-state index is -0.826. The highest BCUT2D eigenvalue weighted by molar-refractivity contribution is 7.14. The molecule has 1 amide bonds. The molecule has 1 saturated heterocycles. The number of carbonyl (C=O) groups excluding carboxylic acids is 2. The van der Waals surface area contributed by atoms with Crippen molar-refractivity contribution in [2.24, 2.45) is 0 Å². The summed E-state index contributed by atoms with van der Waals surface area (Å²) in [6.07, 6.45) is 1.07. The van der Waals surface area contributed by atoms with Crippen molar-refractivity contribution in [3.8, 4) is 0 Å². The summed E-state index contributed by atoms with van der Waals surface area (Å²) in [5.74, 6) is -0.545. The fourth-order valence-corrected chi connectivity index (χ4v) is 4.53. The van der Waals surface area contributed by atoms with Crippen LogP contribution in [-0.4, -0.2) is 36.7 Å². The number of rotatable bonds is 6. The summed E-state index contributed by atoms with van der Waals surface area (Å²) in [5, 5.41) is 6.02. The second-order valence-corrected chi connectivity index (χ2v) is 8.10. The summed E-state index contributed by atoms with van der Waals surface area (Å²) in [4.78, 5) is 29.2. The molecule has 2 aromatic rings. The molecule has 2 heterocycles. The van der Waals surface area contributed by atoms with Gasteiger partial charge < -0.3 is 14.8 Å². The Morgan fingerprint density at radius 1 is 1.32 bits per heavy atom. The van der Waals surface area contributed by atoms with E-state index < -0.39 is 5.41 Å². The molecule has 6 nitrogen and oxygen atoms in total. The Balaban J connectivity index is 1.81. The van der Waals surface area contributed by atoms with Gasteiger partial charge in [0, 0.05) is 28.6 Å². The Morgan fingerprint density at radius 2 is 2.07 bits per heavy atom. The van der Waals surface area contributed by atoms with Crippen LogP contribution in [0.3, 0.4) is 0 Å². The van der Waals surface area contributed by atoms with Gasteiger partial charge >= 0.3 is 5.97 Å². The van der Waals surface area contributed by atoms with Crippen molar-refractivity contribution < 1.29 is 19.1 Å². The number of anilines is 1. The molecule has 0 atom stereocenters. The Hall–Kier alpha value is -1.67. The van der Waals surface area contributed by atoms with E-state index in [0.717, 1.165) is 5.56 Å². The van der Waals surface area contributed by atoms with E-state index in [2.05, 4.69) is 10.3 Å². The molecule has 3 rings (SSSR count). The van der Waals surface area contributed by atoms with E-state index in [0.29, 0.717) is 53.5 Å². The molecule has 0 radical (unpaired) electrons. The van der Waals surface area contributed by atoms with Crippen LogP contribution in [0.4, 0.5) is 5.13 Å². The van der Waals surface area contributed by atoms with E-state index in [-0.39, 0.29) is 18.3 Å². The van der Waals surface area contributed by atoms with E-state index in [1.165, 1.54) is 11.3 Å². The average Bonchev–Trinajstić information content (AvgIpc) is 3.09. The van der Waals surface area contributed by atoms with Crippen LogP contribution in [0, 0.1) is 0 Å². The Kier molecular flexibility index (Phi) is 6.93. The van der Waals surface area contributed by atoms with Gasteiger partial charge in [0.25, 0.3) is 0 Å². The molecule has 0 spiro atoms. The summed E-state index contributed by atoms with van der Waals surface area (Å²) in [7, 11) is 0. The molecule has 28 heavy (non-hydrogen) atoms. The van der Waals surface area contributed by atoms with Crippen molar-refractivity contribution in [3.05, 3.63) is 44.9 Å². The molecule has 9 heteroatoms. The summed E-state index contributed by atoms with van der Waals surface area (Å²) in [6.45, 7) is 2.98. The van der Waals surface area contributed by atoms with Crippen LogP contribution in [0.15, 0.2) is 23.6 Å². The first kappa shape index (κ1) is 21.0. The van der Waals surface area contributed by atoms with Crippen LogP contribution in [0.2, 0.25) is 10.0 Å². The summed E-state index contributed by atoms with van der Waals surface area (Å²) < 4.78 is 10.4. The van der Waals surface area contributed by atoms with Crippen LogP contribution in [0.25, 0.3) is 0 Å². The number of carbonyl (C=O) groups is 2. The lowest BCUT2D eigenvalue weighted by Crippen LogP contribution is -2.45. The maximum Gasteiger partial charge on any atom is 0.311 e. The third kappa shape index (κ3) is 4.66. The summed E-state index contributed by atoms with van der Waals surface area (Å²) in [5.41, 5.74) is 0.458. The maximum absolute atomic E-state index is 13.3. The molecule has 1 aliphatic rings. The third-order valence-corrected chi connectivity index (χ3v) is 5.99. The van der Waals surface area contributed by atoms with Gasteiger partial charge in [0.15, 0.2) is 5.13 Å². The van der Waals surface area contributed by atoms with Gasteiger partial charge in [-0.3, -0.25) is 9.59 Å². The van der Waals surface area contributed by atoms with Crippen LogP contribution < -0.4 is 5.32 Å². The Bertz CT molecular complexity index is 865. The fraction of sp³-hybridized carbons (Fsp3) is 0.421. The molecular weight excluding hydrogens is 423 g/mol. The number of ether oxygens (including phenoxy) is 2. The van der Waals surface area contributed by atoms with Crippen LogP contribution in [0.5, 0.6) is 0 Å². The van der Waals surface area contributed by atoms with Crippen molar-refractivity contribution in [1.29, 1.82) is 0 Å². The van der Waals surface area contributed by atoms with E-state index >= 15 is 0 Å². The maximum atomic E-state index is 13.3. The van der Waals surface area contributed by atoms with Gasteiger partial charge in [-0.25, -0.2) is 4.98 Å². The Labute approximate surface area is 177 Å². The summed E-state index contributed by atoms with van der Waals surface area (Å²) >= 11 is 13.7. The number of thiazole rings is 1. The highest BCUT2D eigenvalue weighted by Gasteiger charge is 2.43. The second-order valence-electron chi connectivity index (χ2n) is 6.40. The van der Waals surface area contributed by atoms with Crippen LogP contribution in [-0.2, 0) is 30.9 Å². The molecule has 1 aliphatic heterocycles. The number of benzene rings is 1. The SMILES string of the molecule is CCOC(=O)Cc1csc(NC(=O)C2(c3ccc(Cl)cc3Cl)CCOCC2)n1. The van der Waals surface area contributed by atoms with Gasteiger partial charge in [0.05, 0.1) is 24.1 Å². The number of amides is 1. The average molecular weight is 443 g/mol. The van der Waals surface area contributed by atoms with E-state index in [1.807, 2.05) is 0 Å².